The molecular weight excluding hydrogens is 428 g/mol. The van der Waals surface area contributed by atoms with E-state index >= 15 is 0 Å². The number of Topliss-reactive ketones (excluding diaryl/α,β-unsaturated/α-hetero) is 1. The fourth-order valence-corrected chi connectivity index (χ4v) is 5.07. The third kappa shape index (κ3) is 4.18. The number of benzene rings is 1. The highest BCUT2D eigenvalue weighted by Gasteiger charge is 2.27. The normalized spacial score (nSPS) is 14.1. The van der Waals surface area contributed by atoms with Crippen molar-refractivity contribution in [2.45, 2.75) is 20.5 Å². The monoisotopic (exact) mass is 454 g/mol. The van der Waals surface area contributed by atoms with Gasteiger partial charge in [-0.2, -0.15) is 4.98 Å². The summed E-state index contributed by atoms with van der Waals surface area (Å²) in [5.74, 6) is 1.06. The van der Waals surface area contributed by atoms with Crippen LogP contribution < -0.4 is 9.64 Å². The van der Waals surface area contributed by atoms with E-state index in [4.69, 9.17) is 9.47 Å². The van der Waals surface area contributed by atoms with Crippen LogP contribution in [0.4, 0.5) is 5.69 Å². The van der Waals surface area contributed by atoms with Crippen LogP contribution >= 0.6 is 11.3 Å². The molecule has 168 valence electrons. The molecule has 32 heavy (non-hydrogen) atoms. The van der Waals surface area contributed by atoms with Crippen molar-refractivity contribution >= 4 is 38.9 Å². The number of aryl methyl sites for hydroxylation is 1. The van der Waals surface area contributed by atoms with E-state index in [1.807, 2.05) is 36.1 Å². The Morgan fingerprint density at radius 2 is 1.75 bits per heavy atom. The molecule has 4 rings (SSSR count). The minimum Gasteiger partial charge on any atom is -0.480 e. The van der Waals surface area contributed by atoms with Gasteiger partial charge in [0.05, 0.1) is 17.4 Å². The van der Waals surface area contributed by atoms with Gasteiger partial charge in [0, 0.05) is 44.5 Å². The molecule has 8 nitrogen and oxygen atoms in total. The molecule has 0 radical (unpaired) electrons. The number of thiophene rings is 1. The molecule has 1 amide bonds. The second-order valence-corrected chi connectivity index (χ2v) is 8.70. The fourth-order valence-electron chi connectivity index (χ4n) is 3.91. The number of nitrogens with zero attached hydrogens (tertiary/aromatic N) is 4. The zero-order valence-electron chi connectivity index (χ0n) is 18.7. The number of piperazine rings is 1. The third-order valence-electron chi connectivity index (χ3n) is 5.67. The number of methoxy groups -OCH3 is 2. The average Bonchev–Trinajstić information content (AvgIpc) is 3.14. The lowest BCUT2D eigenvalue weighted by Crippen LogP contribution is -2.48. The highest BCUT2D eigenvalue weighted by molar-refractivity contribution is 7.20. The minimum atomic E-state index is 0.00687. The number of ether oxygens (including phenoxy) is 2. The summed E-state index contributed by atoms with van der Waals surface area (Å²) >= 11 is 1.37. The van der Waals surface area contributed by atoms with Crippen molar-refractivity contribution in [2.24, 2.45) is 0 Å². The second kappa shape index (κ2) is 9.22. The topological polar surface area (TPSA) is 84.9 Å². The molecule has 1 aliphatic rings. The molecule has 9 heteroatoms. The van der Waals surface area contributed by atoms with Crippen molar-refractivity contribution in [2.75, 3.05) is 45.3 Å². The maximum absolute atomic E-state index is 13.3. The van der Waals surface area contributed by atoms with E-state index < -0.39 is 0 Å². The Morgan fingerprint density at radius 1 is 1.06 bits per heavy atom. The Balaban J connectivity index is 1.51. The van der Waals surface area contributed by atoms with Crippen LogP contribution in [-0.4, -0.2) is 67.0 Å². The SMILES string of the molecule is COCc1nc(OC)c2c(C)c(C(=O)N3CCN(c4ccc(C(C)=O)cc4)CC3)sc2n1. The van der Waals surface area contributed by atoms with Gasteiger partial charge in [-0.15, -0.1) is 11.3 Å². The Hall–Kier alpha value is -3.04. The summed E-state index contributed by atoms with van der Waals surface area (Å²) in [5, 5.41) is 0.782. The van der Waals surface area contributed by atoms with Crippen LogP contribution in [0.3, 0.4) is 0 Å². The second-order valence-electron chi connectivity index (χ2n) is 7.70. The van der Waals surface area contributed by atoms with Gasteiger partial charge in [0.25, 0.3) is 5.91 Å². The molecule has 0 atom stereocenters. The highest BCUT2D eigenvalue weighted by Crippen LogP contribution is 2.36. The number of hydrogen-bond donors (Lipinski definition) is 0. The van der Waals surface area contributed by atoms with E-state index in [-0.39, 0.29) is 18.3 Å². The largest absolute Gasteiger partial charge is 0.480 e. The van der Waals surface area contributed by atoms with Gasteiger partial charge in [-0.3, -0.25) is 9.59 Å². The summed E-state index contributed by atoms with van der Waals surface area (Å²) < 4.78 is 10.6. The van der Waals surface area contributed by atoms with Crippen LogP contribution in [0, 0.1) is 6.92 Å². The Bertz CT molecular complexity index is 1150. The molecule has 3 heterocycles. The first-order chi connectivity index (χ1) is 15.4. The van der Waals surface area contributed by atoms with E-state index in [1.54, 1.807) is 21.1 Å². The summed E-state index contributed by atoms with van der Waals surface area (Å²) in [4.78, 5) is 39.3. The lowest BCUT2D eigenvalue weighted by Gasteiger charge is -2.36. The maximum Gasteiger partial charge on any atom is 0.264 e. The molecule has 1 saturated heterocycles. The number of aromatic nitrogens is 2. The molecule has 0 aliphatic carbocycles. The van der Waals surface area contributed by atoms with E-state index in [2.05, 4.69) is 14.9 Å². The van der Waals surface area contributed by atoms with Crippen LogP contribution in [0.1, 0.15) is 38.3 Å². The molecule has 1 aliphatic heterocycles. The van der Waals surface area contributed by atoms with Crippen molar-refractivity contribution < 1.29 is 19.1 Å². The van der Waals surface area contributed by atoms with E-state index in [0.717, 1.165) is 34.6 Å². The number of carbonyl (C=O) groups excluding carboxylic acids is 2. The van der Waals surface area contributed by atoms with E-state index in [1.165, 1.54) is 11.3 Å². The van der Waals surface area contributed by atoms with Crippen molar-refractivity contribution in [1.82, 2.24) is 14.9 Å². The van der Waals surface area contributed by atoms with Gasteiger partial charge in [-0.25, -0.2) is 4.98 Å². The quantitative estimate of drug-likeness (QED) is 0.528. The van der Waals surface area contributed by atoms with Crippen LogP contribution in [0.5, 0.6) is 5.88 Å². The van der Waals surface area contributed by atoms with Gasteiger partial charge in [0.1, 0.15) is 11.4 Å². The van der Waals surface area contributed by atoms with Crippen LogP contribution in [0.15, 0.2) is 24.3 Å². The molecule has 3 aromatic rings. The molecule has 1 fully saturated rings. The lowest BCUT2D eigenvalue weighted by atomic mass is 10.1. The van der Waals surface area contributed by atoms with Gasteiger partial charge >= 0.3 is 0 Å². The first kappa shape index (κ1) is 22.2. The average molecular weight is 455 g/mol. The zero-order valence-corrected chi connectivity index (χ0v) is 19.5. The summed E-state index contributed by atoms with van der Waals surface area (Å²) in [6.07, 6.45) is 0. The summed E-state index contributed by atoms with van der Waals surface area (Å²) in [7, 11) is 3.16. The molecule has 0 bridgehead atoms. The molecule has 0 unspecified atom stereocenters. The Labute approximate surface area is 190 Å². The van der Waals surface area contributed by atoms with E-state index in [0.29, 0.717) is 35.2 Å². The summed E-state index contributed by atoms with van der Waals surface area (Å²) in [6, 6.07) is 7.63. The predicted molar refractivity (Wildman–Crippen MR) is 124 cm³/mol. The van der Waals surface area contributed by atoms with Gasteiger partial charge in [-0.1, -0.05) is 0 Å². The maximum atomic E-state index is 13.3. The number of fused-ring (bicyclic) bond motifs is 1. The fraction of sp³-hybridized carbons (Fsp3) is 0.391. The molecule has 0 saturated carbocycles. The number of rotatable bonds is 6. The van der Waals surface area contributed by atoms with Crippen LogP contribution in [0.2, 0.25) is 0 Å². The molecular formula is C23H26N4O4S. The van der Waals surface area contributed by atoms with Gasteiger partial charge in [0.2, 0.25) is 5.88 Å². The van der Waals surface area contributed by atoms with Crippen molar-refractivity contribution in [3.8, 4) is 5.88 Å². The molecule has 2 aromatic heterocycles. The van der Waals surface area contributed by atoms with Crippen molar-refractivity contribution in [3.05, 3.63) is 46.1 Å². The van der Waals surface area contributed by atoms with Crippen LogP contribution in [0.25, 0.3) is 10.2 Å². The third-order valence-corrected chi connectivity index (χ3v) is 6.84. The zero-order chi connectivity index (χ0) is 22.8. The minimum absolute atomic E-state index is 0.00687. The van der Waals surface area contributed by atoms with Gasteiger partial charge < -0.3 is 19.3 Å². The number of ketones is 1. The van der Waals surface area contributed by atoms with E-state index in [9.17, 15) is 9.59 Å². The van der Waals surface area contributed by atoms with Crippen molar-refractivity contribution in [3.63, 3.8) is 0 Å². The molecule has 1 aromatic carbocycles. The summed E-state index contributed by atoms with van der Waals surface area (Å²) in [5.41, 5.74) is 2.61. The lowest BCUT2D eigenvalue weighted by molar-refractivity contribution is 0.0751. The van der Waals surface area contributed by atoms with Gasteiger partial charge in [0.15, 0.2) is 11.6 Å². The predicted octanol–water partition coefficient (Wildman–Crippen LogP) is 3.32. The smallest absolute Gasteiger partial charge is 0.264 e. The summed E-state index contributed by atoms with van der Waals surface area (Å²) in [6.45, 7) is 6.47. The molecule has 0 N–H and O–H groups in total. The first-order valence-electron chi connectivity index (χ1n) is 10.4. The number of anilines is 1. The van der Waals surface area contributed by atoms with Crippen LogP contribution in [-0.2, 0) is 11.3 Å². The Morgan fingerprint density at radius 3 is 2.34 bits per heavy atom. The number of hydrogen-bond acceptors (Lipinski definition) is 8. The number of carbonyl (C=O) groups is 2. The number of amides is 1. The standard InChI is InChI=1S/C23H26N4O4S/c1-14-19-21(31-4)24-18(13-30-3)25-22(19)32-20(14)23(29)27-11-9-26(10-12-27)17-7-5-16(6-8-17)15(2)28/h5-8H,9-13H2,1-4H3. The molecule has 0 spiro atoms. The Kier molecular flexibility index (Phi) is 6.38. The highest BCUT2D eigenvalue weighted by atomic mass is 32.1. The van der Waals surface area contributed by atoms with Gasteiger partial charge in [-0.05, 0) is 43.7 Å². The van der Waals surface area contributed by atoms with Crippen molar-refractivity contribution in [1.29, 1.82) is 0 Å². The first-order valence-corrected chi connectivity index (χ1v) is 11.2.